The van der Waals surface area contributed by atoms with Crippen LogP contribution in [0, 0.1) is 0 Å². The normalized spacial score (nSPS) is 10.6. The van der Waals surface area contributed by atoms with Gasteiger partial charge < -0.3 is 10.5 Å². The van der Waals surface area contributed by atoms with Crippen LogP contribution in [0.15, 0.2) is 41.4 Å². The number of hydrogen-bond donors (Lipinski definition) is 1. The van der Waals surface area contributed by atoms with E-state index in [1.165, 1.54) is 0 Å². The minimum absolute atomic E-state index is 0.0369. The third-order valence-corrected chi connectivity index (χ3v) is 3.26. The summed E-state index contributed by atoms with van der Waals surface area (Å²) in [6.07, 6.45) is 4.83. The van der Waals surface area contributed by atoms with Gasteiger partial charge in [-0.25, -0.2) is 4.98 Å². The van der Waals surface area contributed by atoms with Gasteiger partial charge in [0.05, 0.1) is 5.02 Å². The molecule has 0 aliphatic carbocycles. The number of nitrogen functional groups attached to an aromatic ring is 1. The van der Waals surface area contributed by atoms with Crippen molar-refractivity contribution in [1.82, 2.24) is 24.5 Å². The Kier molecular flexibility index (Phi) is 3.72. The van der Waals surface area contributed by atoms with Crippen molar-refractivity contribution in [2.75, 3.05) is 5.73 Å². The molecule has 9 heteroatoms. The van der Waals surface area contributed by atoms with E-state index in [1.807, 2.05) is 0 Å². The van der Waals surface area contributed by atoms with E-state index in [0.717, 1.165) is 4.47 Å². The summed E-state index contributed by atoms with van der Waals surface area (Å²) in [5, 5.41) is 0.432. The van der Waals surface area contributed by atoms with E-state index in [2.05, 4.69) is 35.9 Å². The summed E-state index contributed by atoms with van der Waals surface area (Å²) in [6.45, 7) is 0. The van der Waals surface area contributed by atoms with E-state index in [-0.39, 0.29) is 12.0 Å². The van der Waals surface area contributed by atoms with Crippen LogP contribution in [0.5, 0.6) is 11.8 Å². The molecular weight excluding hydrogens is 360 g/mol. The third kappa shape index (κ3) is 3.11. The summed E-state index contributed by atoms with van der Waals surface area (Å²) in [5.74, 6) is 0.754. The summed E-state index contributed by atoms with van der Waals surface area (Å²) < 4.78 is 7.98. The minimum atomic E-state index is 0.0369. The average molecular weight is 368 g/mol. The van der Waals surface area contributed by atoms with Crippen LogP contribution >= 0.6 is 27.5 Å². The second-order valence-corrected chi connectivity index (χ2v) is 5.25. The van der Waals surface area contributed by atoms with Gasteiger partial charge in [-0.05, 0) is 18.2 Å². The molecule has 0 fully saturated rings. The van der Waals surface area contributed by atoms with Gasteiger partial charge in [0.15, 0.2) is 5.75 Å². The van der Waals surface area contributed by atoms with Gasteiger partial charge in [0, 0.05) is 16.9 Å². The number of nitrogens with two attached hydrogens (primary N) is 1. The van der Waals surface area contributed by atoms with Crippen LogP contribution in [0.4, 0.5) is 5.95 Å². The van der Waals surface area contributed by atoms with Gasteiger partial charge in [0.1, 0.15) is 6.33 Å². The van der Waals surface area contributed by atoms with E-state index in [4.69, 9.17) is 22.1 Å². The third-order valence-electron chi connectivity index (χ3n) is 2.45. The highest BCUT2D eigenvalue weighted by atomic mass is 79.9. The summed E-state index contributed by atoms with van der Waals surface area (Å²) in [5.41, 5.74) is 5.67. The Labute approximate surface area is 132 Å². The fourth-order valence-corrected chi connectivity index (χ4v) is 2.05. The van der Waals surface area contributed by atoms with Crippen molar-refractivity contribution in [3.05, 3.63) is 46.4 Å². The van der Waals surface area contributed by atoms with Crippen LogP contribution in [0.2, 0.25) is 5.02 Å². The van der Waals surface area contributed by atoms with E-state index >= 15 is 0 Å². The second kappa shape index (κ2) is 5.66. The number of ether oxygens (including phenoxy) is 1. The molecule has 2 heterocycles. The molecule has 0 saturated carbocycles. The van der Waals surface area contributed by atoms with Crippen LogP contribution in [0.1, 0.15) is 0 Å². The number of rotatable bonds is 3. The maximum absolute atomic E-state index is 6.06. The number of hydrogen-bond acceptors (Lipinski definition) is 6. The van der Waals surface area contributed by atoms with Crippen molar-refractivity contribution in [3.8, 4) is 17.7 Å². The first-order chi connectivity index (χ1) is 10.1. The highest BCUT2D eigenvalue weighted by molar-refractivity contribution is 9.10. The lowest BCUT2D eigenvalue weighted by Gasteiger charge is -2.08. The molecule has 0 radical (unpaired) electrons. The van der Waals surface area contributed by atoms with Crippen LogP contribution in [-0.4, -0.2) is 24.5 Å². The molecule has 2 N–H and O–H groups in total. The molecule has 0 spiro atoms. The fourth-order valence-electron chi connectivity index (χ4n) is 1.55. The predicted octanol–water partition coefficient (Wildman–Crippen LogP) is 2.85. The maximum Gasteiger partial charge on any atom is 0.328 e. The van der Waals surface area contributed by atoms with Gasteiger partial charge in [-0.1, -0.05) is 27.5 Å². The summed E-state index contributed by atoms with van der Waals surface area (Å²) in [6, 6.07) is 5.25. The topological polar surface area (TPSA) is 91.7 Å². The first kappa shape index (κ1) is 13.8. The molecule has 2 aromatic heterocycles. The molecular formula is C12H8BrClN6O. The Morgan fingerprint density at radius 3 is 2.86 bits per heavy atom. The maximum atomic E-state index is 6.06. The van der Waals surface area contributed by atoms with Crippen molar-refractivity contribution >= 4 is 33.5 Å². The highest BCUT2D eigenvalue weighted by Crippen LogP contribution is 2.30. The van der Waals surface area contributed by atoms with Crippen molar-refractivity contribution in [3.63, 3.8) is 0 Å². The number of imidazole rings is 1. The SMILES string of the molecule is Nc1nc(Oc2cc(Br)ccc2Cl)nc(-n2ccnc2)n1. The lowest BCUT2D eigenvalue weighted by atomic mass is 10.3. The molecule has 0 amide bonds. The van der Waals surface area contributed by atoms with Crippen LogP contribution in [-0.2, 0) is 0 Å². The van der Waals surface area contributed by atoms with Gasteiger partial charge >= 0.3 is 6.01 Å². The number of aromatic nitrogens is 5. The molecule has 0 saturated heterocycles. The molecule has 7 nitrogen and oxygen atoms in total. The monoisotopic (exact) mass is 366 g/mol. The van der Waals surface area contributed by atoms with Gasteiger partial charge in [0.2, 0.25) is 11.9 Å². The molecule has 0 aliphatic rings. The average Bonchev–Trinajstić information content (AvgIpc) is 2.96. The van der Waals surface area contributed by atoms with Gasteiger partial charge in [-0.2, -0.15) is 15.0 Å². The first-order valence-electron chi connectivity index (χ1n) is 5.74. The van der Waals surface area contributed by atoms with Crippen molar-refractivity contribution in [2.45, 2.75) is 0 Å². The van der Waals surface area contributed by atoms with Crippen LogP contribution in [0.3, 0.4) is 0 Å². The summed E-state index contributed by atoms with van der Waals surface area (Å²) in [7, 11) is 0. The Bertz CT molecular complexity index is 779. The van der Waals surface area contributed by atoms with Crippen LogP contribution in [0.25, 0.3) is 5.95 Å². The molecule has 3 aromatic rings. The van der Waals surface area contributed by atoms with E-state index in [0.29, 0.717) is 16.7 Å². The zero-order valence-corrected chi connectivity index (χ0v) is 12.8. The zero-order valence-electron chi connectivity index (χ0n) is 10.4. The molecule has 0 unspecified atom stereocenters. The first-order valence-corrected chi connectivity index (χ1v) is 6.92. The molecule has 21 heavy (non-hydrogen) atoms. The van der Waals surface area contributed by atoms with Crippen molar-refractivity contribution in [2.24, 2.45) is 0 Å². The number of halogens is 2. The van der Waals surface area contributed by atoms with Gasteiger partial charge in [-0.3, -0.25) is 4.57 Å². The highest BCUT2D eigenvalue weighted by Gasteiger charge is 2.10. The standard InChI is InChI=1S/C12H8BrClN6O/c13-7-1-2-8(14)9(5-7)21-12-18-10(15)17-11(19-12)20-4-3-16-6-20/h1-6H,(H2,15,17,18,19). The number of benzene rings is 1. The lowest BCUT2D eigenvalue weighted by Crippen LogP contribution is -2.06. The molecule has 106 valence electrons. The Morgan fingerprint density at radius 2 is 2.10 bits per heavy atom. The van der Waals surface area contributed by atoms with Crippen molar-refractivity contribution < 1.29 is 4.74 Å². The van der Waals surface area contributed by atoms with Crippen molar-refractivity contribution in [1.29, 1.82) is 0 Å². The molecule has 0 atom stereocenters. The summed E-state index contributed by atoms with van der Waals surface area (Å²) >= 11 is 9.40. The van der Waals surface area contributed by atoms with Gasteiger partial charge in [-0.15, -0.1) is 0 Å². The quantitative estimate of drug-likeness (QED) is 0.765. The molecule has 1 aromatic carbocycles. The minimum Gasteiger partial charge on any atom is -0.422 e. The molecule has 0 bridgehead atoms. The largest absolute Gasteiger partial charge is 0.422 e. The van der Waals surface area contributed by atoms with Gasteiger partial charge in [0.25, 0.3) is 0 Å². The predicted molar refractivity (Wildman–Crippen MR) is 80.6 cm³/mol. The lowest BCUT2D eigenvalue weighted by molar-refractivity contribution is 0.439. The number of anilines is 1. The van der Waals surface area contributed by atoms with E-state index in [9.17, 15) is 0 Å². The zero-order chi connectivity index (χ0) is 14.8. The second-order valence-electron chi connectivity index (χ2n) is 3.92. The fraction of sp³-hybridized carbons (Fsp3) is 0. The Morgan fingerprint density at radius 1 is 1.24 bits per heavy atom. The Balaban J connectivity index is 1.97. The Hall–Kier alpha value is -2.19. The van der Waals surface area contributed by atoms with E-state index < -0.39 is 0 Å². The molecule has 0 aliphatic heterocycles. The van der Waals surface area contributed by atoms with Crippen LogP contribution < -0.4 is 10.5 Å². The smallest absolute Gasteiger partial charge is 0.328 e. The number of nitrogens with zero attached hydrogens (tertiary/aromatic N) is 5. The van der Waals surface area contributed by atoms with E-state index in [1.54, 1.807) is 41.5 Å². The molecule has 3 rings (SSSR count). The summed E-state index contributed by atoms with van der Waals surface area (Å²) in [4.78, 5) is 16.0.